The van der Waals surface area contributed by atoms with Crippen LogP contribution in [0.25, 0.3) is 0 Å². The van der Waals surface area contributed by atoms with E-state index < -0.39 is 0 Å². The van der Waals surface area contributed by atoms with E-state index >= 15 is 0 Å². The summed E-state index contributed by atoms with van der Waals surface area (Å²) in [5, 5.41) is 4.71. The molecule has 3 aliphatic carbocycles. The highest BCUT2D eigenvalue weighted by Gasteiger charge is 2.57. The van der Waals surface area contributed by atoms with Gasteiger partial charge in [-0.05, 0) is 80.0 Å². The normalized spacial score (nSPS) is 37.8. The summed E-state index contributed by atoms with van der Waals surface area (Å²) >= 11 is 0. The summed E-state index contributed by atoms with van der Waals surface area (Å²) in [5.41, 5.74) is 0.0860. The molecule has 7 unspecified atom stereocenters. The molecule has 4 N–H and O–H groups in total. The molecule has 0 aliphatic heterocycles. The van der Waals surface area contributed by atoms with E-state index in [1.54, 1.807) is 0 Å². The molecular weight excluding hydrogens is 379 g/mol. The van der Waals surface area contributed by atoms with E-state index in [9.17, 15) is 9.18 Å². The predicted octanol–water partition coefficient (Wildman–Crippen LogP) is 4.90. The topological polar surface area (TPSA) is 84.7 Å². The number of carbonyl (C=O) groups is 1. The third-order valence-electron chi connectivity index (χ3n) is 8.56. The van der Waals surface area contributed by atoms with Crippen LogP contribution in [0, 0.1) is 40.9 Å². The van der Waals surface area contributed by atoms with Crippen molar-refractivity contribution < 1.29 is 9.18 Å². The Morgan fingerprint density at radius 3 is 2.53 bits per heavy atom. The summed E-state index contributed by atoms with van der Waals surface area (Å²) in [5.74, 6) is 14.6. The number of halogens is 1. The van der Waals surface area contributed by atoms with Gasteiger partial charge in [-0.1, -0.05) is 40.5 Å². The van der Waals surface area contributed by atoms with Gasteiger partial charge in [-0.3, -0.25) is 14.2 Å². The molecule has 0 amide bonds. The van der Waals surface area contributed by atoms with Crippen molar-refractivity contribution in [3.8, 4) is 0 Å². The summed E-state index contributed by atoms with van der Waals surface area (Å²) in [6.07, 6.45) is 11.3. The zero-order chi connectivity index (χ0) is 22.3. The number of hydrogen-bond acceptors (Lipinski definition) is 4. The van der Waals surface area contributed by atoms with Gasteiger partial charge >= 0.3 is 0 Å². The fourth-order valence-electron chi connectivity index (χ4n) is 7.46. The lowest BCUT2D eigenvalue weighted by atomic mass is 9.50. The average molecular weight is 425 g/mol. The summed E-state index contributed by atoms with van der Waals surface area (Å²) in [4.78, 5) is 13.0. The lowest BCUT2D eigenvalue weighted by Gasteiger charge is -2.54. The van der Waals surface area contributed by atoms with Crippen LogP contribution < -0.4 is 11.7 Å². The van der Waals surface area contributed by atoms with Gasteiger partial charge in [0.15, 0.2) is 5.78 Å². The van der Waals surface area contributed by atoms with Crippen LogP contribution in [0.4, 0.5) is 4.39 Å². The zero-order valence-electron chi connectivity index (χ0n) is 19.7. The van der Waals surface area contributed by atoms with Crippen LogP contribution >= 0.6 is 0 Å². The molecule has 30 heavy (non-hydrogen) atoms. The van der Waals surface area contributed by atoms with E-state index in [4.69, 9.17) is 11.7 Å². The second-order valence-corrected chi connectivity index (χ2v) is 9.78. The highest BCUT2D eigenvalue weighted by atomic mass is 19.1. The van der Waals surface area contributed by atoms with Crippen molar-refractivity contribution in [1.29, 1.82) is 0 Å². The van der Waals surface area contributed by atoms with Crippen molar-refractivity contribution in [1.82, 2.24) is 5.01 Å². The first-order chi connectivity index (χ1) is 14.5. The Hall–Kier alpha value is -1.17. The Morgan fingerprint density at radius 2 is 1.90 bits per heavy atom. The fourth-order valence-corrected chi connectivity index (χ4v) is 7.46. The third-order valence-corrected chi connectivity index (χ3v) is 8.56. The van der Waals surface area contributed by atoms with Gasteiger partial charge in [0.2, 0.25) is 0 Å². The summed E-state index contributed by atoms with van der Waals surface area (Å²) in [7, 11) is 0. The van der Waals surface area contributed by atoms with E-state index in [1.807, 2.05) is 13.8 Å². The summed E-state index contributed by atoms with van der Waals surface area (Å²) < 4.78 is 13.1. The molecule has 6 heteroatoms. The SMILES string of the molecule is CC.CCCC1C(CCF)CCC2C1CCC1(C)C(C(=O)CN(N)/C=N\N)CCC21. The molecule has 7 atom stereocenters. The molecular formula is C24H45FN4O. The van der Waals surface area contributed by atoms with Crippen molar-refractivity contribution in [2.24, 2.45) is 57.7 Å². The summed E-state index contributed by atoms with van der Waals surface area (Å²) in [6.45, 7) is 8.61. The molecule has 0 radical (unpaired) electrons. The van der Waals surface area contributed by atoms with E-state index in [0.29, 0.717) is 23.7 Å². The number of carbonyl (C=O) groups excluding carboxylic acids is 1. The van der Waals surface area contributed by atoms with Crippen LogP contribution in [0.2, 0.25) is 0 Å². The molecule has 0 aromatic heterocycles. The second-order valence-electron chi connectivity index (χ2n) is 9.78. The maximum Gasteiger partial charge on any atom is 0.157 e. The van der Waals surface area contributed by atoms with Crippen molar-refractivity contribution in [3.05, 3.63) is 0 Å². The van der Waals surface area contributed by atoms with E-state index in [1.165, 1.54) is 43.5 Å². The van der Waals surface area contributed by atoms with Crippen molar-refractivity contribution in [2.45, 2.75) is 85.5 Å². The van der Waals surface area contributed by atoms with Gasteiger partial charge < -0.3 is 5.84 Å². The molecule has 0 aromatic carbocycles. The van der Waals surface area contributed by atoms with Crippen molar-refractivity contribution in [3.63, 3.8) is 0 Å². The number of nitrogens with zero attached hydrogens (tertiary/aromatic N) is 2. The minimum atomic E-state index is -0.179. The quantitative estimate of drug-likeness (QED) is 0.251. The number of hydrazine groups is 1. The number of ketones is 1. The Bertz CT molecular complexity index is 571. The molecule has 0 saturated heterocycles. The zero-order valence-corrected chi connectivity index (χ0v) is 19.7. The van der Waals surface area contributed by atoms with Gasteiger partial charge in [0.1, 0.15) is 6.34 Å². The minimum absolute atomic E-state index is 0.0860. The van der Waals surface area contributed by atoms with Gasteiger partial charge in [0.05, 0.1) is 13.2 Å². The number of Topliss-reactive ketones (excluding diaryl/α,β-unsaturated/α-hetero) is 1. The van der Waals surface area contributed by atoms with Crippen LogP contribution in [0.5, 0.6) is 0 Å². The molecule has 0 aromatic rings. The first-order valence-electron chi connectivity index (χ1n) is 12.3. The van der Waals surface area contributed by atoms with Crippen LogP contribution in [0.1, 0.15) is 85.5 Å². The molecule has 3 fully saturated rings. The molecule has 0 spiro atoms. The third kappa shape index (κ3) is 5.00. The highest BCUT2D eigenvalue weighted by molar-refractivity contribution is 5.85. The number of nitrogens with two attached hydrogens (primary N) is 2. The molecule has 0 bridgehead atoms. The van der Waals surface area contributed by atoms with Crippen LogP contribution in [0.3, 0.4) is 0 Å². The predicted molar refractivity (Wildman–Crippen MR) is 122 cm³/mol. The van der Waals surface area contributed by atoms with Gasteiger partial charge in [-0.15, -0.1) is 0 Å². The average Bonchev–Trinajstić information content (AvgIpc) is 3.09. The first-order valence-corrected chi connectivity index (χ1v) is 12.3. The number of hydrogen-bond donors (Lipinski definition) is 2. The van der Waals surface area contributed by atoms with Gasteiger partial charge in [0.25, 0.3) is 0 Å². The Morgan fingerprint density at radius 1 is 1.17 bits per heavy atom. The maximum atomic E-state index is 13.1. The van der Waals surface area contributed by atoms with Crippen LogP contribution in [-0.2, 0) is 4.79 Å². The van der Waals surface area contributed by atoms with E-state index in [-0.39, 0.29) is 30.3 Å². The van der Waals surface area contributed by atoms with E-state index in [2.05, 4.69) is 18.9 Å². The summed E-state index contributed by atoms with van der Waals surface area (Å²) in [6, 6.07) is 0. The minimum Gasteiger partial charge on any atom is -0.322 e. The first kappa shape index (κ1) is 25.1. The number of hydrazone groups is 1. The molecule has 0 heterocycles. The van der Waals surface area contributed by atoms with Crippen molar-refractivity contribution in [2.75, 3.05) is 13.2 Å². The number of alkyl halides is 1. The fraction of sp³-hybridized carbons (Fsp3) is 0.917. The van der Waals surface area contributed by atoms with Crippen LogP contribution in [-0.4, -0.2) is 30.4 Å². The molecule has 3 rings (SSSR count). The largest absolute Gasteiger partial charge is 0.322 e. The van der Waals surface area contributed by atoms with Gasteiger partial charge in [-0.2, -0.15) is 5.10 Å². The molecule has 174 valence electrons. The molecule has 5 nitrogen and oxygen atoms in total. The number of rotatable bonds is 8. The Kier molecular flexibility index (Phi) is 9.58. The second kappa shape index (κ2) is 11.4. The lowest BCUT2D eigenvalue weighted by molar-refractivity contribution is -0.130. The molecule has 3 aliphatic rings. The monoisotopic (exact) mass is 424 g/mol. The Balaban J connectivity index is 0.00000155. The smallest absolute Gasteiger partial charge is 0.157 e. The van der Waals surface area contributed by atoms with Crippen molar-refractivity contribution >= 4 is 12.1 Å². The Labute approximate surface area is 183 Å². The van der Waals surface area contributed by atoms with Gasteiger partial charge in [0, 0.05) is 5.92 Å². The van der Waals surface area contributed by atoms with Gasteiger partial charge in [-0.25, -0.2) is 5.84 Å². The maximum absolute atomic E-state index is 13.1. The molecule has 3 saturated carbocycles. The lowest BCUT2D eigenvalue weighted by Crippen LogP contribution is -2.49. The highest BCUT2D eigenvalue weighted by Crippen LogP contribution is 2.63. The number of fused-ring (bicyclic) bond motifs is 3. The standard InChI is InChI=1S/C22H39FN4O.C2H6/c1-3-4-16-15(10-12-23)5-6-18-17(16)9-11-22(2)19(18)7-8-20(22)21(28)13-27(25)14-26-24;1-2/h14-20H,3-13,24-25H2,1-2H3;1-2H3/b26-14-;. The van der Waals surface area contributed by atoms with E-state index in [0.717, 1.165) is 31.6 Å². The van der Waals surface area contributed by atoms with Crippen LogP contribution in [0.15, 0.2) is 5.10 Å².